The fourth-order valence-corrected chi connectivity index (χ4v) is 1.89. The van der Waals surface area contributed by atoms with E-state index < -0.39 is 6.04 Å². The van der Waals surface area contributed by atoms with Gasteiger partial charge < -0.3 is 15.8 Å². The Bertz CT molecular complexity index is 471. The predicted molar refractivity (Wildman–Crippen MR) is 81.9 cm³/mol. The Kier molecular flexibility index (Phi) is 6.88. The average Bonchev–Trinajstić information content (AvgIpc) is 2.53. The summed E-state index contributed by atoms with van der Waals surface area (Å²) in [4.78, 5) is 23.1. The van der Waals surface area contributed by atoms with Gasteiger partial charge >= 0.3 is 5.97 Å². The van der Waals surface area contributed by atoms with Crippen LogP contribution in [-0.2, 0) is 16.0 Å². The summed E-state index contributed by atoms with van der Waals surface area (Å²) in [5.74, 6) is -0.297. The molecule has 0 heterocycles. The number of benzene rings is 1. The molecule has 116 valence electrons. The number of amides is 1. The lowest BCUT2D eigenvalue weighted by Crippen LogP contribution is -2.45. The second-order valence-electron chi connectivity index (χ2n) is 5.14. The van der Waals surface area contributed by atoms with Crippen LogP contribution in [0.15, 0.2) is 24.3 Å². The summed E-state index contributed by atoms with van der Waals surface area (Å²) < 4.78 is 4.64. The maximum atomic E-state index is 11.8. The topological polar surface area (TPSA) is 81.4 Å². The van der Waals surface area contributed by atoms with Gasteiger partial charge in [-0.15, -0.1) is 0 Å². The Morgan fingerprint density at radius 1 is 1.29 bits per heavy atom. The summed E-state index contributed by atoms with van der Waals surface area (Å²) >= 11 is 0. The van der Waals surface area contributed by atoms with Crippen molar-refractivity contribution in [3.05, 3.63) is 35.4 Å². The normalized spacial score (nSPS) is 13.3. The lowest BCUT2D eigenvalue weighted by atomic mass is 9.99. The van der Waals surface area contributed by atoms with Crippen LogP contribution < -0.4 is 11.1 Å². The number of nitrogens with one attached hydrogen (secondary N) is 1. The van der Waals surface area contributed by atoms with Gasteiger partial charge in [0.15, 0.2) is 0 Å². The molecule has 21 heavy (non-hydrogen) atoms. The number of carbonyl (C=O) groups is 2. The van der Waals surface area contributed by atoms with E-state index in [2.05, 4.69) is 10.1 Å². The summed E-state index contributed by atoms with van der Waals surface area (Å²) in [6, 6.07) is 6.68. The molecule has 1 rings (SSSR count). The number of rotatable bonds is 7. The van der Waals surface area contributed by atoms with Gasteiger partial charge in [0.05, 0.1) is 18.7 Å². The van der Waals surface area contributed by atoms with E-state index in [0.29, 0.717) is 18.5 Å². The molecule has 1 aromatic rings. The van der Waals surface area contributed by atoms with Crippen molar-refractivity contribution in [1.82, 2.24) is 5.32 Å². The first kappa shape index (κ1) is 17.2. The Balaban J connectivity index is 2.42. The first-order chi connectivity index (χ1) is 9.99. The monoisotopic (exact) mass is 292 g/mol. The van der Waals surface area contributed by atoms with Crippen LogP contribution in [0.3, 0.4) is 0 Å². The molecule has 0 radical (unpaired) electrons. The summed E-state index contributed by atoms with van der Waals surface area (Å²) in [7, 11) is 1.35. The molecule has 0 saturated carbocycles. The second-order valence-corrected chi connectivity index (χ2v) is 5.14. The molecule has 5 nitrogen and oxygen atoms in total. The van der Waals surface area contributed by atoms with Gasteiger partial charge in [-0.05, 0) is 30.0 Å². The summed E-state index contributed by atoms with van der Waals surface area (Å²) in [5.41, 5.74) is 7.42. The zero-order valence-electron chi connectivity index (χ0n) is 12.9. The molecule has 0 aliphatic carbocycles. The van der Waals surface area contributed by atoms with Crippen molar-refractivity contribution < 1.29 is 14.3 Å². The van der Waals surface area contributed by atoms with Crippen LogP contribution in [0.1, 0.15) is 36.2 Å². The molecular weight excluding hydrogens is 268 g/mol. The molecule has 0 bridgehead atoms. The molecule has 0 aliphatic rings. The molecule has 1 aromatic carbocycles. The fraction of sp³-hybridized carbons (Fsp3) is 0.500. The third-order valence-corrected chi connectivity index (χ3v) is 3.65. The molecule has 0 saturated heterocycles. The van der Waals surface area contributed by atoms with Crippen molar-refractivity contribution in [3.8, 4) is 0 Å². The lowest BCUT2D eigenvalue weighted by molar-refractivity contribution is -0.123. The van der Waals surface area contributed by atoms with Crippen molar-refractivity contribution in [2.45, 2.75) is 32.7 Å². The highest BCUT2D eigenvalue weighted by Gasteiger charge is 2.18. The van der Waals surface area contributed by atoms with E-state index in [1.54, 1.807) is 12.1 Å². The van der Waals surface area contributed by atoms with Gasteiger partial charge in [-0.1, -0.05) is 32.4 Å². The number of carbonyl (C=O) groups excluding carboxylic acids is 2. The molecule has 3 N–H and O–H groups in total. The molecular formula is C16H24N2O3. The van der Waals surface area contributed by atoms with E-state index in [1.165, 1.54) is 7.11 Å². The van der Waals surface area contributed by atoms with Crippen molar-refractivity contribution in [1.29, 1.82) is 0 Å². The quantitative estimate of drug-likeness (QED) is 0.746. The van der Waals surface area contributed by atoms with Crippen LogP contribution in [0, 0.1) is 5.92 Å². The lowest BCUT2D eigenvalue weighted by Gasteiger charge is -2.17. The molecule has 5 heteroatoms. The van der Waals surface area contributed by atoms with Crippen LogP contribution in [-0.4, -0.2) is 31.6 Å². The average molecular weight is 292 g/mol. The minimum Gasteiger partial charge on any atom is -0.465 e. The van der Waals surface area contributed by atoms with Crippen molar-refractivity contribution >= 4 is 11.9 Å². The van der Waals surface area contributed by atoms with Gasteiger partial charge in [0.25, 0.3) is 0 Å². The number of nitrogens with two attached hydrogens (primary N) is 1. The maximum Gasteiger partial charge on any atom is 0.337 e. The Morgan fingerprint density at radius 3 is 2.43 bits per heavy atom. The molecule has 2 atom stereocenters. The summed E-state index contributed by atoms with van der Waals surface area (Å²) in [6.07, 6.45) is 1.57. The number of hydrogen-bond acceptors (Lipinski definition) is 4. The van der Waals surface area contributed by atoms with Gasteiger partial charge in [0.2, 0.25) is 5.91 Å². The van der Waals surface area contributed by atoms with Crippen LogP contribution in [0.25, 0.3) is 0 Å². The maximum absolute atomic E-state index is 11.8. The highest BCUT2D eigenvalue weighted by Crippen LogP contribution is 2.07. The molecule has 0 spiro atoms. The van der Waals surface area contributed by atoms with Crippen LogP contribution >= 0.6 is 0 Å². The number of methoxy groups -OCH3 is 1. The van der Waals surface area contributed by atoms with Gasteiger partial charge in [-0.2, -0.15) is 0 Å². The van der Waals surface area contributed by atoms with E-state index >= 15 is 0 Å². The van der Waals surface area contributed by atoms with E-state index in [4.69, 9.17) is 5.73 Å². The zero-order valence-corrected chi connectivity index (χ0v) is 12.9. The minimum atomic E-state index is -0.461. The van der Waals surface area contributed by atoms with Crippen molar-refractivity contribution in [2.75, 3.05) is 13.7 Å². The summed E-state index contributed by atoms with van der Waals surface area (Å²) in [6.45, 7) is 4.51. The van der Waals surface area contributed by atoms with E-state index in [0.717, 1.165) is 12.0 Å². The first-order valence-electron chi connectivity index (χ1n) is 7.20. The highest BCUT2D eigenvalue weighted by atomic mass is 16.5. The number of esters is 1. The van der Waals surface area contributed by atoms with Crippen molar-refractivity contribution in [3.63, 3.8) is 0 Å². The molecule has 0 fully saturated rings. The van der Waals surface area contributed by atoms with Crippen LogP contribution in [0.5, 0.6) is 0 Å². The highest BCUT2D eigenvalue weighted by molar-refractivity contribution is 5.89. The third kappa shape index (κ3) is 5.19. The van der Waals surface area contributed by atoms with Gasteiger partial charge in [-0.3, -0.25) is 4.79 Å². The standard InChI is InChI=1S/C16H24N2O3/c1-4-11(2)14(17)15(19)18-10-9-12-5-7-13(8-6-12)16(20)21-3/h5-8,11,14H,4,9-10,17H2,1-3H3,(H,18,19). The predicted octanol–water partition coefficient (Wildman–Crippen LogP) is 1.51. The Labute approximate surface area is 125 Å². The molecule has 2 unspecified atom stereocenters. The Morgan fingerprint density at radius 2 is 1.90 bits per heavy atom. The van der Waals surface area contributed by atoms with Crippen LogP contribution in [0.4, 0.5) is 0 Å². The Hall–Kier alpha value is -1.88. The SMILES string of the molecule is CCC(C)C(N)C(=O)NCCc1ccc(C(=O)OC)cc1. The third-order valence-electron chi connectivity index (χ3n) is 3.65. The van der Waals surface area contributed by atoms with E-state index in [1.807, 2.05) is 26.0 Å². The second kappa shape index (κ2) is 8.42. The molecule has 1 amide bonds. The van der Waals surface area contributed by atoms with Gasteiger partial charge in [0, 0.05) is 6.54 Å². The van der Waals surface area contributed by atoms with Gasteiger partial charge in [0.1, 0.15) is 0 Å². The number of hydrogen-bond donors (Lipinski definition) is 2. The number of ether oxygens (including phenoxy) is 1. The zero-order chi connectivity index (χ0) is 15.8. The first-order valence-corrected chi connectivity index (χ1v) is 7.20. The van der Waals surface area contributed by atoms with Gasteiger partial charge in [-0.25, -0.2) is 4.79 Å². The fourth-order valence-electron chi connectivity index (χ4n) is 1.89. The van der Waals surface area contributed by atoms with E-state index in [9.17, 15) is 9.59 Å². The molecule has 0 aromatic heterocycles. The van der Waals surface area contributed by atoms with Crippen molar-refractivity contribution in [2.24, 2.45) is 11.7 Å². The van der Waals surface area contributed by atoms with Crippen LogP contribution in [0.2, 0.25) is 0 Å². The van der Waals surface area contributed by atoms with E-state index in [-0.39, 0.29) is 17.8 Å². The smallest absolute Gasteiger partial charge is 0.337 e. The molecule has 0 aliphatic heterocycles. The minimum absolute atomic E-state index is 0.115. The largest absolute Gasteiger partial charge is 0.465 e. The summed E-state index contributed by atoms with van der Waals surface area (Å²) in [5, 5.41) is 2.84.